The number of carbonyl (C=O) groups is 1. The number of fused-ring (bicyclic) bond motifs is 1. The summed E-state index contributed by atoms with van der Waals surface area (Å²) in [5.41, 5.74) is 1.80. The summed E-state index contributed by atoms with van der Waals surface area (Å²) in [6, 6.07) is 12.1. The molecule has 1 aromatic heterocycles. The molecule has 1 amide bonds. The molecule has 0 atom stereocenters. The van der Waals surface area contributed by atoms with Crippen molar-refractivity contribution in [2.24, 2.45) is 0 Å². The van der Waals surface area contributed by atoms with Gasteiger partial charge in [-0.2, -0.15) is 0 Å². The number of nitrogens with one attached hydrogen (secondary N) is 1. The van der Waals surface area contributed by atoms with Gasteiger partial charge in [0, 0.05) is 22.8 Å². The molecule has 1 aliphatic heterocycles. The summed E-state index contributed by atoms with van der Waals surface area (Å²) in [6.07, 6.45) is 2.80. The minimum atomic E-state index is -0.429. The Labute approximate surface area is 165 Å². The number of benzene rings is 2. The highest BCUT2D eigenvalue weighted by Gasteiger charge is 2.15. The molecule has 2 aromatic carbocycles. The molecule has 7 heteroatoms. The van der Waals surface area contributed by atoms with Crippen molar-refractivity contribution in [1.82, 2.24) is 5.32 Å². The van der Waals surface area contributed by atoms with Gasteiger partial charge in [-0.25, -0.2) is 8.78 Å². The number of hydrogen-bond donors (Lipinski definition) is 1. The molecule has 0 spiro atoms. The Morgan fingerprint density at radius 3 is 2.72 bits per heavy atom. The Morgan fingerprint density at radius 1 is 1.07 bits per heavy atom. The molecule has 29 heavy (non-hydrogen) atoms. The number of hydrogen-bond acceptors (Lipinski definition) is 4. The Hall–Kier alpha value is -3.45. The predicted octanol–water partition coefficient (Wildman–Crippen LogP) is 4.42. The molecule has 148 valence electrons. The second kappa shape index (κ2) is 8.28. The molecule has 0 saturated heterocycles. The number of carbonyl (C=O) groups excluding carboxylic acids is 1. The standard InChI is InChI=1S/C22H17F2NO4/c23-17-4-1-14(2-5-17)20-7-6-19(29-20)11-25-21(26)8-3-15-9-18(24)10-16-12-27-13-28-22(15)16/h1-10H,11-13H2,(H,25,26)/b8-3+. The zero-order valence-electron chi connectivity index (χ0n) is 15.3. The summed E-state index contributed by atoms with van der Waals surface area (Å²) in [5.74, 6) is 0.524. The van der Waals surface area contributed by atoms with E-state index in [0.29, 0.717) is 28.4 Å². The van der Waals surface area contributed by atoms with Crippen LogP contribution in [0.15, 0.2) is 59.0 Å². The van der Waals surface area contributed by atoms with Gasteiger partial charge >= 0.3 is 0 Å². The van der Waals surface area contributed by atoms with Gasteiger partial charge in [0.25, 0.3) is 0 Å². The fourth-order valence-corrected chi connectivity index (χ4v) is 2.97. The van der Waals surface area contributed by atoms with E-state index in [1.165, 1.54) is 36.4 Å². The Balaban J connectivity index is 1.38. The molecular weight excluding hydrogens is 380 g/mol. The van der Waals surface area contributed by atoms with E-state index in [4.69, 9.17) is 13.9 Å². The minimum Gasteiger partial charge on any atom is -0.467 e. The van der Waals surface area contributed by atoms with Gasteiger partial charge in [-0.3, -0.25) is 4.79 Å². The Bertz CT molecular complexity index is 1060. The van der Waals surface area contributed by atoms with Gasteiger partial charge in [-0.05, 0) is 54.6 Å². The molecule has 5 nitrogen and oxygen atoms in total. The maximum atomic E-state index is 13.7. The maximum absolute atomic E-state index is 13.7. The number of amides is 1. The van der Waals surface area contributed by atoms with Crippen LogP contribution in [-0.4, -0.2) is 12.7 Å². The molecule has 4 rings (SSSR count). The number of furan rings is 1. The van der Waals surface area contributed by atoms with Crippen molar-refractivity contribution in [3.8, 4) is 17.1 Å². The topological polar surface area (TPSA) is 60.7 Å². The second-order valence-electron chi connectivity index (χ2n) is 6.42. The normalized spacial score (nSPS) is 13.2. The van der Waals surface area contributed by atoms with E-state index in [1.54, 1.807) is 24.3 Å². The van der Waals surface area contributed by atoms with E-state index in [-0.39, 0.29) is 31.7 Å². The number of ether oxygens (including phenoxy) is 2. The van der Waals surface area contributed by atoms with Crippen LogP contribution in [0.1, 0.15) is 16.9 Å². The fourth-order valence-electron chi connectivity index (χ4n) is 2.97. The van der Waals surface area contributed by atoms with Crippen LogP contribution < -0.4 is 10.1 Å². The van der Waals surface area contributed by atoms with Crippen LogP contribution in [0, 0.1) is 11.6 Å². The van der Waals surface area contributed by atoms with Crippen molar-refractivity contribution in [3.05, 3.63) is 83.1 Å². The van der Waals surface area contributed by atoms with Crippen molar-refractivity contribution in [3.63, 3.8) is 0 Å². The summed E-state index contributed by atoms with van der Waals surface area (Å²) in [7, 11) is 0. The summed E-state index contributed by atoms with van der Waals surface area (Å²) < 4.78 is 43.0. The van der Waals surface area contributed by atoms with Gasteiger partial charge < -0.3 is 19.2 Å². The smallest absolute Gasteiger partial charge is 0.244 e. The zero-order valence-corrected chi connectivity index (χ0v) is 15.3. The molecule has 0 radical (unpaired) electrons. The lowest BCUT2D eigenvalue weighted by Gasteiger charge is -2.19. The average Bonchev–Trinajstić information content (AvgIpc) is 3.20. The first-order chi connectivity index (χ1) is 14.1. The van der Waals surface area contributed by atoms with E-state index in [1.807, 2.05) is 0 Å². The van der Waals surface area contributed by atoms with Crippen LogP contribution in [-0.2, 0) is 22.7 Å². The monoisotopic (exact) mass is 397 g/mol. The van der Waals surface area contributed by atoms with Gasteiger partial charge in [0.05, 0.1) is 13.2 Å². The molecule has 0 saturated carbocycles. The quantitative estimate of drug-likeness (QED) is 0.648. The molecule has 0 unspecified atom stereocenters. The van der Waals surface area contributed by atoms with Gasteiger partial charge in [0.1, 0.15) is 28.9 Å². The highest BCUT2D eigenvalue weighted by atomic mass is 19.1. The molecule has 3 aromatic rings. The first-order valence-electron chi connectivity index (χ1n) is 8.92. The molecule has 0 bridgehead atoms. The zero-order chi connectivity index (χ0) is 20.2. The van der Waals surface area contributed by atoms with Crippen molar-refractivity contribution < 1.29 is 27.5 Å². The van der Waals surface area contributed by atoms with Gasteiger partial charge in [-0.15, -0.1) is 0 Å². The van der Waals surface area contributed by atoms with Gasteiger partial charge in [-0.1, -0.05) is 0 Å². The highest BCUT2D eigenvalue weighted by Crippen LogP contribution is 2.30. The lowest BCUT2D eigenvalue weighted by atomic mass is 10.1. The molecule has 2 heterocycles. The van der Waals surface area contributed by atoms with E-state index < -0.39 is 5.82 Å². The van der Waals surface area contributed by atoms with Gasteiger partial charge in [0.15, 0.2) is 6.79 Å². The largest absolute Gasteiger partial charge is 0.467 e. The third-order valence-electron chi connectivity index (χ3n) is 4.35. The van der Waals surface area contributed by atoms with Crippen molar-refractivity contribution in [2.75, 3.05) is 6.79 Å². The van der Waals surface area contributed by atoms with E-state index in [0.717, 1.165) is 5.56 Å². The lowest BCUT2D eigenvalue weighted by Crippen LogP contribution is -2.19. The second-order valence-corrected chi connectivity index (χ2v) is 6.42. The third-order valence-corrected chi connectivity index (χ3v) is 4.35. The molecule has 1 N–H and O–H groups in total. The summed E-state index contributed by atoms with van der Waals surface area (Å²) in [5, 5.41) is 2.70. The minimum absolute atomic E-state index is 0.0839. The van der Waals surface area contributed by atoms with Crippen LogP contribution in [0.3, 0.4) is 0 Å². The highest BCUT2D eigenvalue weighted by molar-refractivity contribution is 5.92. The Morgan fingerprint density at radius 2 is 1.90 bits per heavy atom. The van der Waals surface area contributed by atoms with Crippen molar-refractivity contribution in [2.45, 2.75) is 13.2 Å². The predicted molar refractivity (Wildman–Crippen MR) is 102 cm³/mol. The maximum Gasteiger partial charge on any atom is 0.244 e. The van der Waals surface area contributed by atoms with Crippen LogP contribution >= 0.6 is 0 Å². The van der Waals surface area contributed by atoms with E-state index >= 15 is 0 Å². The first kappa shape index (κ1) is 18.9. The van der Waals surface area contributed by atoms with Crippen LogP contribution in [0.5, 0.6) is 5.75 Å². The first-order valence-corrected chi connectivity index (χ1v) is 8.92. The summed E-state index contributed by atoms with van der Waals surface area (Å²) in [4.78, 5) is 12.1. The third kappa shape index (κ3) is 4.52. The SMILES string of the molecule is O=C(/C=C/c1cc(F)cc2c1OCOC2)NCc1ccc(-c2ccc(F)cc2)o1. The van der Waals surface area contributed by atoms with Crippen molar-refractivity contribution >= 4 is 12.0 Å². The van der Waals surface area contributed by atoms with Gasteiger partial charge in [0.2, 0.25) is 5.91 Å². The van der Waals surface area contributed by atoms with Crippen LogP contribution in [0.25, 0.3) is 17.4 Å². The van der Waals surface area contributed by atoms with E-state index in [9.17, 15) is 13.6 Å². The molecular formula is C22H17F2NO4. The molecule has 0 fully saturated rings. The van der Waals surface area contributed by atoms with E-state index in [2.05, 4.69) is 5.32 Å². The Kier molecular flexibility index (Phi) is 5.39. The van der Waals surface area contributed by atoms with Crippen LogP contribution in [0.4, 0.5) is 8.78 Å². The number of rotatable bonds is 5. The fraction of sp³-hybridized carbons (Fsp3) is 0.136. The average molecular weight is 397 g/mol. The summed E-state index contributed by atoms with van der Waals surface area (Å²) in [6.45, 7) is 0.519. The lowest BCUT2D eigenvalue weighted by molar-refractivity contribution is -0.116. The molecule has 1 aliphatic rings. The van der Waals surface area contributed by atoms with Crippen molar-refractivity contribution in [1.29, 1.82) is 0 Å². The number of halogens is 2. The molecule has 0 aliphatic carbocycles. The summed E-state index contributed by atoms with van der Waals surface area (Å²) >= 11 is 0. The van der Waals surface area contributed by atoms with Crippen LogP contribution in [0.2, 0.25) is 0 Å².